The molecule has 1 aromatic rings. The summed E-state index contributed by atoms with van der Waals surface area (Å²) in [5.74, 6) is -1.27. The predicted molar refractivity (Wildman–Crippen MR) is 71.9 cm³/mol. The summed E-state index contributed by atoms with van der Waals surface area (Å²) in [5.41, 5.74) is 9.62. The Hall–Kier alpha value is -2.09. The van der Waals surface area contributed by atoms with Gasteiger partial charge in [0.15, 0.2) is 0 Å². The van der Waals surface area contributed by atoms with Crippen LogP contribution in [-0.2, 0) is 15.8 Å². The van der Waals surface area contributed by atoms with E-state index in [2.05, 4.69) is 5.32 Å². The van der Waals surface area contributed by atoms with E-state index in [1.54, 1.807) is 0 Å². The van der Waals surface area contributed by atoms with Gasteiger partial charge in [-0.1, -0.05) is 19.6 Å². The van der Waals surface area contributed by atoms with Gasteiger partial charge in [0.05, 0.1) is 5.56 Å². The number of halogens is 3. The number of amides is 2. The zero-order valence-corrected chi connectivity index (χ0v) is 10.4. The summed E-state index contributed by atoms with van der Waals surface area (Å²) in [4.78, 5) is 22.1. The fourth-order valence-corrected chi connectivity index (χ4v) is 1.48. The van der Waals surface area contributed by atoms with Crippen molar-refractivity contribution >= 4 is 11.8 Å². The lowest BCUT2D eigenvalue weighted by atomic mass is 10.0. The second-order valence-corrected chi connectivity index (χ2v) is 4.11. The molecule has 0 aliphatic rings. The van der Waals surface area contributed by atoms with Crippen molar-refractivity contribution in [3.05, 3.63) is 35.4 Å². The highest BCUT2D eigenvalue weighted by Crippen LogP contribution is 2.30. The third-order valence-corrected chi connectivity index (χ3v) is 2.53. The van der Waals surface area contributed by atoms with Crippen LogP contribution >= 0.6 is 0 Å². The number of alkyl halides is 3. The van der Waals surface area contributed by atoms with Crippen LogP contribution in [-0.4, -0.2) is 18.4 Å². The van der Waals surface area contributed by atoms with Crippen molar-refractivity contribution in [2.24, 2.45) is 11.5 Å². The third kappa shape index (κ3) is 5.82. The SMILES string of the molecule is C.NC(=O)CCNC(=O)C(N)c1cccc(C(F)(F)F)c1. The van der Waals surface area contributed by atoms with E-state index in [4.69, 9.17) is 11.5 Å². The summed E-state index contributed by atoms with van der Waals surface area (Å²) in [6.45, 7) is -0.0131. The highest BCUT2D eigenvalue weighted by atomic mass is 19.4. The Morgan fingerprint density at radius 1 is 1.29 bits per heavy atom. The zero-order valence-electron chi connectivity index (χ0n) is 10.4. The molecule has 0 spiro atoms. The second kappa shape index (κ2) is 7.63. The van der Waals surface area contributed by atoms with Crippen LogP contribution in [0.1, 0.15) is 31.0 Å². The first-order valence-electron chi connectivity index (χ1n) is 5.70. The molecule has 0 saturated carbocycles. The average molecular weight is 305 g/mol. The lowest BCUT2D eigenvalue weighted by molar-refractivity contribution is -0.137. The van der Waals surface area contributed by atoms with Gasteiger partial charge in [-0.2, -0.15) is 13.2 Å². The van der Waals surface area contributed by atoms with Gasteiger partial charge in [-0.3, -0.25) is 9.59 Å². The lowest BCUT2D eigenvalue weighted by Gasteiger charge is -2.14. The van der Waals surface area contributed by atoms with E-state index >= 15 is 0 Å². The molecule has 0 aromatic heterocycles. The van der Waals surface area contributed by atoms with Gasteiger partial charge in [-0.15, -0.1) is 0 Å². The largest absolute Gasteiger partial charge is 0.416 e. The number of benzene rings is 1. The predicted octanol–water partition coefficient (Wildman–Crippen LogP) is 1.33. The van der Waals surface area contributed by atoms with Crippen molar-refractivity contribution in [3.8, 4) is 0 Å². The fraction of sp³-hybridized carbons (Fsp3) is 0.385. The van der Waals surface area contributed by atoms with E-state index in [0.717, 1.165) is 12.1 Å². The van der Waals surface area contributed by atoms with Crippen LogP contribution in [0.25, 0.3) is 0 Å². The molecule has 0 aliphatic heterocycles. The lowest BCUT2D eigenvalue weighted by Crippen LogP contribution is -2.36. The minimum atomic E-state index is -4.50. The van der Waals surface area contributed by atoms with E-state index in [1.165, 1.54) is 12.1 Å². The van der Waals surface area contributed by atoms with Gasteiger partial charge in [0.25, 0.3) is 0 Å². The van der Waals surface area contributed by atoms with E-state index in [1.807, 2.05) is 0 Å². The molecule has 5 nitrogen and oxygen atoms in total. The number of hydrogen-bond donors (Lipinski definition) is 3. The summed E-state index contributed by atoms with van der Waals surface area (Å²) in [6.07, 6.45) is -4.57. The van der Waals surface area contributed by atoms with Gasteiger partial charge < -0.3 is 16.8 Å². The number of carbonyl (C=O) groups is 2. The van der Waals surface area contributed by atoms with Crippen LogP contribution in [0.5, 0.6) is 0 Å². The number of primary amides is 1. The first-order valence-corrected chi connectivity index (χ1v) is 5.70. The summed E-state index contributed by atoms with van der Waals surface area (Å²) in [7, 11) is 0. The molecular weight excluding hydrogens is 287 g/mol. The molecule has 1 unspecified atom stereocenters. The first kappa shape index (κ1) is 18.9. The third-order valence-electron chi connectivity index (χ3n) is 2.53. The van der Waals surface area contributed by atoms with Gasteiger partial charge in [0.2, 0.25) is 11.8 Å². The van der Waals surface area contributed by atoms with E-state index in [-0.39, 0.29) is 26.0 Å². The number of hydrogen-bond acceptors (Lipinski definition) is 3. The summed E-state index contributed by atoms with van der Waals surface area (Å²) < 4.78 is 37.6. The van der Waals surface area contributed by atoms with Crippen LogP contribution in [0.4, 0.5) is 13.2 Å². The minimum absolute atomic E-state index is 0. The fourth-order valence-electron chi connectivity index (χ4n) is 1.48. The van der Waals surface area contributed by atoms with Crippen LogP contribution in [0.2, 0.25) is 0 Å². The Balaban J connectivity index is 0.00000400. The number of carbonyl (C=O) groups excluding carboxylic acids is 2. The van der Waals surface area contributed by atoms with Crippen molar-refractivity contribution in [2.75, 3.05) is 6.54 Å². The molecule has 8 heteroatoms. The van der Waals surface area contributed by atoms with Gasteiger partial charge in [-0.25, -0.2) is 0 Å². The Kier molecular flexibility index (Phi) is 6.87. The van der Waals surface area contributed by atoms with Crippen molar-refractivity contribution in [3.63, 3.8) is 0 Å². The monoisotopic (exact) mass is 305 g/mol. The van der Waals surface area contributed by atoms with Crippen molar-refractivity contribution in [1.29, 1.82) is 0 Å². The molecule has 118 valence electrons. The van der Waals surface area contributed by atoms with Gasteiger partial charge in [0, 0.05) is 13.0 Å². The van der Waals surface area contributed by atoms with Crippen molar-refractivity contribution < 1.29 is 22.8 Å². The Labute approximate surface area is 120 Å². The summed E-state index contributed by atoms with van der Waals surface area (Å²) in [5, 5.41) is 2.32. The molecule has 0 fully saturated rings. The van der Waals surface area contributed by atoms with E-state index in [0.29, 0.717) is 0 Å². The topological polar surface area (TPSA) is 98.2 Å². The van der Waals surface area contributed by atoms with Gasteiger partial charge >= 0.3 is 6.18 Å². The number of nitrogens with one attached hydrogen (secondary N) is 1. The molecule has 5 N–H and O–H groups in total. The number of nitrogens with two attached hydrogens (primary N) is 2. The highest BCUT2D eigenvalue weighted by molar-refractivity contribution is 5.83. The average Bonchev–Trinajstić information content (AvgIpc) is 2.36. The van der Waals surface area contributed by atoms with E-state index in [9.17, 15) is 22.8 Å². The molecule has 0 saturated heterocycles. The Morgan fingerprint density at radius 2 is 1.90 bits per heavy atom. The minimum Gasteiger partial charge on any atom is -0.370 e. The highest BCUT2D eigenvalue weighted by Gasteiger charge is 2.31. The molecule has 0 heterocycles. The molecule has 21 heavy (non-hydrogen) atoms. The standard InChI is InChI=1S/C12H14F3N3O2.CH4/c13-12(14,15)8-3-1-2-7(6-8)10(17)11(20)18-5-4-9(16)19;/h1-3,6,10H,4-5,17H2,(H2,16,19)(H,18,20);1H4. The molecular formula is C13H18F3N3O2. The van der Waals surface area contributed by atoms with Crippen LogP contribution in [0, 0.1) is 0 Å². The smallest absolute Gasteiger partial charge is 0.370 e. The number of rotatable bonds is 5. The molecule has 2 amide bonds. The van der Waals surface area contributed by atoms with Crippen molar-refractivity contribution in [2.45, 2.75) is 26.1 Å². The normalized spacial score (nSPS) is 12.2. The molecule has 0 bridgehead atoms. The van der Waals surface area contributed by atoms with Crippen LogP contribution < -0.4 is 16.8 Å². The molecule has 0 aliphatic carbocycles. The molecule has 1 aromatic carbocycles. The second-order valence-electron chi connectivity index (χ2n) is 4.11. The summed E-state index contributed by atoms with van der Waals surface area (Å²) in [6, 6.07) is 2.96. The molecule has 1 rings (SSSR count). The Morgan fingerprint density at radius 3 is 2.43 bits per heavy atom. The van der Waals surface area contributed by atoms with E-state index < -0.39 is 29.6 Å². The van der Waals surface area contributed by atoms with Gasteiger partial charge in [-0.05, 0) is 17.7 Å². The quantitative estimate of drug-likeness (QED) is 0.765. The van der Waals surface area contributed by atoms with Crippen LogP contribution in [0.15, 0.2) is 24.3 Å². The maximum Gasteiger partial charge on any atom is 0.416 e. The first-order chi connectivity index (χ1) is 9.21. The van der Waals surface area contributed by atoms with Gasteiger partial charge in [0.1, 0.15) is 6.04 Å². The zero-order chi connectivity index (χ0) is 15.3. The maximum absolute atomic E-state index is 12.5. The van der Waals surface area contributed by atoms with Crippen LogP contribution in [0.3, 0.4) is 0 Å². The summed E-state index contributed by atoms with van der Waals surface area (Å²) >= 11 is 0. The van der Waals surface area contributed by atoms with Crippen molar-refractivity contribution in [1.82, 2.24) is 5.32 Å². The maximum atomic E-state index is 12.5. The Bertz CT molecular complexity index is 504. The molecule has 1 atom stereocenters. The molecule has 0 radical (unpaired) electrons.